The predicted octanol–water partition coefficient (Wildman–Crippen LogP) is 3.51. The molecule has 0 aromatic heterocycles. The van der Waals surface area contributed by atoms with E-state index in [0.29, 0.717) is 30.2 Å². The third-order valence-electron chi connectivity index (χ3n) is 6.13. The number of benzene rings is 2. The van der Waals surface area contributed by atoms with Crippen molar-refractivity contribution in [3.8, 4) is 5.75 Å². The molecular formula is C25H32FN3O4. The van der Waals surface area contributed by atoms with E-state index in [1.54, 1.807) is 43.3 Å². The number of likely N-dealkylation sites (N-methyl/N-ethyl adjacent to an activating group) is 2. The van der Waals surface area contributed by atoms with Crippen LogP contribution in [0.4, 0.5) is 10.1 Å². The Balaban J connectivity index is 1.91. The Labute approximate surface area is 194 Å². The van der Waals surface area contributed by atoms with E-state index in [9.17, 15) is 14.0 Å². The Morgan fingerprint density at radius 3 is 2.58 bits per heavy atom. The summed E-state index contributed by atoms with van der Waals surface area (Å²) in [5.41, 5.74) is 0.741. The molecule has 33 heavy (non-hydrogen) atoms. The third-order valence-corrected chi connectivity index (χ3v) is 6.13. The van der Waals surface area contributed by atoms with Gasteiger partial charge < -0.3 is 19.7 Å². The second-order valence-corrected chi connectivity index (χ2v) is 8.68. The van der Waals surface area contributed by atoms with E-state index in [0.717, 1.165) is 6.54 Å². The van der Waals surface area contributed by atoms with Gasteiger partial charge in [0.05, 0.1) is 17.2 Å². The number of nitrogens with one attached hydrogen (secondary N) is 1. The van der Waals surface area contributed by atoms with Gasteiger partial charge in [0.15, 0.2) is 0 Å². The zero-order chi connectivity index (χ0) is 24.1. The number of carbonyl (C=O) groups excluding carboxylic acids is 2. The largest absolute Gasteiger partial charge is 0.491 e. The van der Waals surface area contributed by atoms with Crippen molar-refractivity contribution in [2.24, 2.45) is 5.92 Å². The summed E-state index contributed by atoms with van der Waals surface area (Å²) in [4.78, 5) is 29.6. The molecule has 0 spiro atoms. The highest BCUT2D eigenvalue weighted by Gasteiger charge is 2.27. The molecular weight excluding hydrogens is 425 g/mol. The molecule has 0 radical (unpaired) electrons. The lowest BCUT2D eigenvalue weighted by atomic mass is 10.0. The van der Waals surface area contributed by atoms with Gasteiger partial charge in [-0.05, 0) is 44.2 Å². The van der Waals surface area contributed by atoms with E-state index in [1.807, 2.05) is 7.05 Å². The van der Waals surface area contributed by atoms with Crippen LogP contribution >= 0.6 is 0 Å². The molecule has 2 aromatic carbocycles. The van der Waals surface area contributed by atoms with Crippen molar-refractivity contribution in [1.29, 1.82) is 0 Å². The Morgan fingerprint density at radius 2 is 1.88 bits per heavy atom. The minimum absolute atomic E-state index is 0.0584. The van der Waals surface area contributed by atoms with Crippen LogP contribution in [0, 0.1) is 11.7 Å². The second kappa shape index (κ2) is 10.8. The van der Waals surface area contributed by atoms with E-state index >= 15 is 0 Å². The smallest absolute Gasteiger partial charge is 0.258 e. The van der Waals surface area contributed by atoms with Crippen LogP contribution in [0.3, 0.4) is 0 Å². The van der Waals surface area contributed by atoms with Crippen molar-refractivity contribution in [2.45, 2.75) is 26.0 Å². The van der Waals surface area contributed by atoms with Crippen molar-refractivity contribution < 1.29 is 23.5 Å². The summed E-state index contributed by atoms with van der Waals surface area (Å²) in [5.74, 6) is -0.802. The van der Waals surface area contributed by atoms with E-state index in [4.69, 9.17) is 9.47 Å². The van der Waals surface area contributed by atoms with Gasteiger partial charge >= 0.3 is 0 Å². The number of amides is 2. The van der Waals surface area contributed by atoms with Gasteiger partial charge in [-0.2, -0.15) is 0 Å². The fraction of sp³-hybridized carbons (Fsp3) is 0.440. The molecule has 0 saturated carbocycles. The molecule has 3 rings (SSSR count). The Hall–Kier alpha value is -2.97. The fourth-order valence-corrected chi connectivity index (χ4v) is 3.87. The molecule has 0 unspecified atom stereocenters. The zero-order valence-corrected chi connectivity index (χ0v) is 19.8. The molecule has 0 aliphatic carbocycles. The number of hydrogen-bond acceptors (Lipinski definition) is 5. The quantitative estimate of drug-likeness (QED) is 0.764. The molecule has 178 valence electrons. The number of methoxy groups -OCH3 is 1. The van der Waals surface area contributed by atoms with Crippen LogP contribution in [0.5, 0.6) is 5.75 Å². The average molecular weight is 458 g/mol. The normalized spacial score (nSPS) is 22.5. The summed E-state index contributed by atoms with van der Waals surface area (Å²) in [6.07, 6.45) is -0.114. The summed E-state index contributed by atoms with van der Waals surface area (Å²) in [7, 11) is 5.43. The number of hydrogen-bond donors (Lipinski definition) is 1. The number of ether oxygens (including phenoxy) is 2. The molecule has 2 aromatic rings. The minimum atomic E-state index is -0.604. The van der Waals surface area contributed by atoms with Crippen LogP contribution < -0.4 is 10.1 Å². The van der Waals surface area contributed by atoms with Crippen molar-refractivity contribution in [3.63, 3.8) is 0 Å². The number of anilines is 1. The van der Waals surface area contributed by atoms with Crippen molar-refractivity contribution in [3.05, 3.63) is 59.4 Å². The maximum atomic E-state index is 14.0. The van der Waals surface area contributed by atoms with Gasteiger partial charge in [0, 0.05) is 45.0 Å². The molecule has 1 N–H and O–H groups in total. The molecule has 0 bridgehead atoms. The molecule has 7 nitrogen and oxygen atoms in total. The van der Waals surface area contributed by atoms with Crippen LogP contribution in [-0.4, -0.2) is 74.7 Å². The van der Waals surface area contributed by atoms with Crippen LogP contribution in [0.25, 0.3) is 0 Å². The second-order valence-electron chi connectivity index (χ2n) is 8.68. The Kier molecular flexibility index (Phi) is 8.05. The van der Waals surface area contributed by atoms with Gasteiger partial charge in [0.2, 0.25) is 0 Å². The van der Waals surface area contributed by atoms with Gasteiger partial charge in [-0.3, -0.25) is 14.5 Å². The van der Waals surface area contributed by atoms with E-state index in [2.05, 4.69) is 24.1 Å². The highest BCUT2D eigenvalue weighted by Crippen LogP contribution is 2.27. The molecule has 0 fully saturated rings. The summed E-state index contributed by atoms with van der Waals surface area (Å²) in [5, 5.41) is 2.69. The number of nitrogens with zero attached hydrogens (tertiary/aromatic N) is 2. The van der Waals surface area contributed by atoms with E-state index in [-0.39, 0.29) is 29.5 Å². The lowest BCUT2D eigenvalue weighted by Gasteiger charge is -2.34. The summed E-state index contributed by atoms with van der Waals surface area (Å²) in [6, 6.07) is 10.7. The third kappa shape index (κ3) is 5.89. The molecule has 2 amide bonds. The standard InChI is InChI=1S/C25H32FN3O4/c1-16-13-28(3)17(2)15-33-22-12-18(27-24(30)19-8-6-7-9-21(19)26)10-11-20(22)25(31)29(4)14-23(16)32-5/h6-12,16-17,23H,13-15H2,1-5H3,(H,27,30)/t16-,17-,23+/m1/s1. The first kappa shape index (κ1) is 24.7. The Morgan fingerprint density at radius 1 is 1.15 bits per heavy atom. The summed E-state index contributed by atoms with van der Waals surface area (Å²) in [6.45, 7) is 5.74. The molecule has 1 aliphatic rings. The number of halogens is 1. The first-order valence-corrected chi connectivity index (χ1v) is 11.0. The zero-order valence-electron chi connectivity index (χ0n) is 19.8. The van der Waals surface area contributed by atoms with Crippen molar-refractivity contribution in [1.82, 2.24) is 9.80 Å². The molecule has 0 saturated heterocycles. The van der Waals surface area contributed by atoms with Crippen molar-refractivity contribution >= 4 is 17.5 Å². The van der Waals surface area contributed by atoms with E-state index in [1.165, 1.54) is 18.2 Å². The first-order chi connectivity index (χ1) is 15.7. The highest BCUT2D eigenvalue weighted by atomic mass is 19.1. The van der Waals surface area contributed by atoms with Gasteiger partial charge in [0.25, 0.3) is 11.8 Å². The van der Waals surface area contributed by atoms with Crippen LogP contribution in [0.1, 0.15) is 34.6 Å². The number of rotatable bonds is 3. The van der Waals surface area contributed by atoms with Crippen LogP contribution in [-0.2, 0) is 4.74 Å². The van der Waals surface area contributed by atoms with Gasteiger partial charge in [-0.25, -0.2) is 4.39 Å². The fourth-order valence-electron chi connectivity index (χ4n) is 3.87. The Bertz CT molecular complexity index is 999. The van der Waals surface area contributed by atoms with Gasteiger partial charge in [0.1, 0.15) is 18.2 Å². The molecule has 3 atom stereocenters. The van der Waals surface area contributed by atoms with Crippen LogP contribution in [0.2, 0.25) is 0 Å². The monoisotopic (exact) mass is 457 g/mol. The minimum Gasteiger partial charge on any atom is -0.491 e. The maximum Gasteiger partial charge on any atom is 0.258 e. The highest BCUT2D eigenvalue weighted by molar-refractivity contribution is 6.05. The number of carbonyl (C=O) groups is 2. The predicted molar refractivity (Wildman–Crippen MR) is 125 cm³/mol. The molecule has 8 heteroatoms. The number of fused-ring (bicyclic) bond motifs is 1. The van der Waals surface area contributed by atoms with Gasteiger partial charge in [-0.1, -0.05) is 19.1 Å². The molecule has 1 heterocycles. The summed E-state index contributed by atoms with van der Waals surface area (Å²) < 4.78 is 25.7. The maximum absolute atomic E-state index is 14.0. The van der Waals surface area contributed by atoms with Crippen LogP contribution in [0.15, 0.2) is 42.5 Å². The lowest BCUT2D eigenvalue weighted by Crippen LogP contribution is -2.45. The molecule has 1 aliphatic heterocycles. The topological polar surface area (TPSA) is 71.1 Å². The van der Waals surface area contributed by atoms with E-state index < -0.39 is 11.7 Å². The SMILES string of the molecule is CO[C@H]1CN(C)C(=O)c2ccc(NC(=O)c3ccccc3F)cc2OC[C@@H](C)N(C)C[C@H]1C. The summed E-state index contributed by atoms with van der Waals surface area (Å²) >= 11 is 0. The average Bonchev–Trinajstić information content (AvgIpc) is 2.79. The van der Waals surface area contributed by atoms with Gasteiger partial charge in [-0.15, -0.1) is 0 Å². The first-order valence-electron chi connectivity index (χ1n) is 11.0. The lowest BCUT2D eigenvalue weighted by molar-refractivity contribution is 0.0150. The van der Waals surface area contributed by atoms with Crippen molar-refractivity contribution in [2.75, 3.05) is 46.2 Å².